The molecular formula is C46H83O9P. The number of phosphoric acid groups is 1. The Bertz CT molecular complexity index is 1060. The second-order valence-electron chi connectivity index (χ2n) is 14.7. The van der Waals surface area contributed by atoms with Gasteiger partial charge in [-0.3, -0.25) is 13.8 Å². The Hall–Kier alpha value is -1.84. The number of ether oxygens (including phenoxy) is 2. The predicted octanol–water partition coefficient (Wildman–Crippen LogP) is 12.4. The fourth-order valence-electron chi connectivity index (χ4n) is 5.81. The Labute approximate surface area is 342 Å². The number of esters is 1. The highest BCUT2D eigenvalue weighted by molar-refractivity contribution is 7.47. The van der Waals surface area contributed by atoms with Crippen LogP contribution in [-0.4, -0.2) is 66.3 Å². The molecule has 0 amide bonds. The minimum absolute atomic E-state index is 0.0330. The van der Waals surface area contributed by atoms with Crippen molar-refractivity contribution >= 4 is 13.8 Å². The molecule has 0 saturated carbocycles. The summed E-state index contributed by atoms with van der Waals surface area (Å²) < 4.78 is 33.3. The summed E-state index contributed by atoms with van der Waals surface area (Å²) in [5.41, 5.74) is 0. The van der Waals surface area contributed by atoms with Gasteiger partial charge < -0.3 is 24.6 Å². The van der Waals surface area contributed by atoms with E-state index in [2.05, 4.69) is 74.6 Å². The minimum Gasteiger partial charge on any atom is -0.457 e. The Morgan fingerprint density at radius 2 is 1.02 bits per heavy atom. The SMILES string of the molecule is CC/C=C\C/C=C\C/C=C\CCCCCC(=O)OC(COCCCCCCCCCCCC/C=C\C/C=C\CCCCCCC)COP(=O)(O)OCC(O)CO. The summed E-state index contributed by atoms with van der Waals surface area (Å²) in [5, 5.41) is 18.3. The quantitative estimate of drug-likeness (QED) is 0.0239. The Balaban J connectivity index is 4.14. The molecule has 0 spiro atoms. The maximum absolute atomic E-state index is 12.6. The van der Waals surface area contributed by atoms with Gasteiger partial charge in [0.15, 0.2) is 0 Å². The van der Waals surface area contributed by atoms with Crippen molar-refractivity contribution in [3.8, 4) is 0 Å². The van der Waals surface area contributed by atoms with Gasteiger partial charge in [-0.25, -0.2) is 4.57 Å². The van der Waals surface area contributed by atoms with Crippen molar-refractivity contribution in [2.24, 2.45) is 0 Å². The zero-order chi connectivity index (χ0) is 41.1. The first-order valence-corrected chi connectivity index (χ1v) is 23.8. The first-order valence-electron chi connectivity index (χ1n) is 22.3. The van der Waals surface area contributed by atoms with Gasteiger partial charge in [0.1, 0.15) is 12.2 Å². The van der Waals surface area contributed by atoms with Crippen LogP contribution in [0.25, 0.3) is 0 Å². The lowest BCUT2D eigenvalue weighted by molar-refractivity contribution is -0.154. The summed E-state index contributed by atoms with van der Waals surface area (Å²) in [5.74, 6) is -0.414. The molecular weight excluding hydrogens is 727 g/mol. The van der Waals surface area contributed by atoms with Crippen LogP contribution >= 0.6 is 7.82 Å². The highest BCUT2D eigenvalue weighted by Gasteiger charge is 2.26. The number of hydrogen-bond donors (Lipinski definition) is 3. The van der Waals surface area contributed by atoms with Gasteiger partial charge in [-0.05, 0) is 77.0 Å². The van der Waals surface area contributed by atoms with E-state index in [1.807, 2.05) is 0 Å². The molecule has 9 nitrogen and oxygen atoms in total. The third-order valence-electron chi connectivity index (χ3n) is 9.19. The zero-order valence-electron chi connectivity index (χ0n) is 35.6. The highest BCUT2D eigenvalue weighted by Crippen LogP contribution is 2.43. The number of unbranched alkanes of at least 4 members (excludes halogenated alkanes) is 18. The Kier molecular flexibility index (Phi) is 41.4. The summed E-state index contributed by atoms with van der Waals surface area (Å²) >= 11 is 0. The van der Waals surface area contributed by atoms with Crippen molar-refractivity contribution in [1.29, 1.82) is 0 Å². The van der Waals surface area contributed by atoms with E-state index in [9.17, 15) is 19.4 Å². The zero-order valence-corrected chi connectivity index (χ0v) is 36.5. The molecule has 0 aromatic carbocycles. The molecule has 0 aliphatic heterocycles. The van der Waals surface area contributed by atoms with Crippen molar-refractivity contribution in [2.45, 2.75) is 193 Å². The van der Waals surface area contributed by atoms with Crippen LogP contribution in [-0.2, 0) is 27.9 Å². The number of rotatable bonds is 42. The topological polar surface area (TPSA) is 132 Å². The van der Waals surface area contributed by atoms with Crippen LogP contribution in [0.5, 0.6) is 0 Å². The van der Waals surface area contributed by atoms with Gasteiger partial charge in [0.2, 0.25) is 0 Å². The van der Waals surface area contributed by atoms with Gasteiger partial charge in [-0.2, -0.15) is 0 Å². The molecule has 0 radical (unpaired) electrons. The molecule has 326 valence electrons. The van der Waals surface area contributed by atoms with E-state index >= 15 is 0 Å². The van der Waals surface area contributed by atoms with Gasteiger partial charge in [0.05, 0.1) is 26.4 Å². The van der Waals surface area contributed by atoms with Gasteiger partial charge in [-0.1, -0.05) is 158 Å². The van der Waals surface area contributed by atoms with Gasteiger partial charge in [-0.15, -0.1) is 0 Å². The third-order valence-corrected chi connectivity index (χ3v) is 10.1. The van der Waals surface area contributed by atoms with E-state index < -0.39 is 45.8 Å². The van der Waals surface area contributed by atoms with Crippen LogP contribution < -0.4 is 0 Å². The van der Waals surface area contributed by atoms with Crippen LogP contribution in [0.2, 0.25) is 0 Å². The number of aliphatic hydroxyl groups is 2. The smallest absolute Gasteiger partial charge is 0.457 e. The molecule has 56 heavy (non-hydrogen) atoms. The molecule has 0 fully saturated rings. The number of carbonyl (C=O) groups excluding carboxylic acids is 1. The Morgan fingerprint density at radius 3 is 1.54 bits per heavy atom. The monoisotopic (exact) mass is 811 g/mol. The molecule has 3 unspecified atom stereocenters. The second-order valence-corrected chi connectivity index (χ2v) is 16.1. The van der Waals surface area contributed by atoms with Crippen molar-refractivity contribution in [3.63, 3.8) is 0 Å². The highest BCUT2D eigenvalue weighted by atomic mass is 31.2. The van der Waals surface area contributed by atoms with E-state index in [1.54, 1.807) is 0 Å². The third kappa shape index (κ3) is 41.8. The van der Waals surface area contributed by atoms with Crippen molar-refractivity contribution in [3.05, 3.63) is 60.8 Å². The lowest BCUT2D eigenvalue weighted by atomic mass is 10.1. The fourth-order valence-corrected chi connectivity index (χ4v) is 6.60. The van der Waals surface area contributed by atoms with E-state index in [1.165, 1.54) is 89.9 Å². The molecule has 0 aromatic rings. The number of aliphatic hydroxyl groups excluding tert-OH is 2. The van der Waals surface area contributed by atoms with Crippen molar-refractivity contribution in [1.82, 2.24) is 0 Å². The van der Waals surface area contributed by atoms with E-state index in [4.69, 9.17) is 23.6 Å². The Morgan fingerprint density at radius 1 is 0.571 bits per heavy atom. The molecule has 0 aliphatic carbocycles. The molecule has 10 heteroatoms. The normalized spacial score (nSPS) is 14.6. The molecule has 0 aliphatic rings. The predicted molar refractivity (Wildman–Crippen MR) is 233 cm³/mol. The summed E-state index contributed by atoms with van der Waals surface area (Å²) in [6.07, 6.45) is 49.0. The van der Waals surface area contributed by atoms with Crippen molar-refractivity contribution < 1.29 is 43.0 Å². The minimum atomic E-state index is -4.53. The number of hydrogen-bond acceptors (Lipinski definition) is 8. The van der Waals surface area contributed by atoms with E-state index in [0.29, 0.717) is 13.0 Å². The van der Waals surface area contributed by atoms with E-state index in [0.717, 1.165) is 64.2 Å². The van der Waals surface area contributed by atoms with Crippen LogP contribution in [0.15, 0.2) is 60.8 Å². The van der Waals surface area contributed by atoms with Crippen LogP contribution in [0.3, 0.4) is 0 Å². The molecule has 0 rings (SSSR count). The average molecular weight is 811 g/mol. The first kappa shape index (κ1) is 54.2. The molecule has 0 bridgehead atoms. The lowest BCUT2D eigenvalue weighted by Crippen LogP contribution is -2.29. The first-order chi connectivity index (χ1) is 27.3. The van der Waals surface area contributed by atoms with Gasteiger partial charge >= 0.3 is 13.8 Å². The fraction of sp³-hybridized carbons (Fsp3) is 0.761. The molecule has 0 heterocycles. The standard InChI is InChI=1S/C46H83O9P/c1-3-5-7-9-11-13-15-17-18-19-20-21-22-23-24-25-27-29-31-33-35-37-39-52-42-45(43-54-56(50,51)53-41-44(48)40-47)55-46(49)38-36-34-32-30-28-26-16-14-12-10-8-6-4-2/h6,8,12,14-15,17,19-20,26,28,44-45,47-48H,3-5,7,9-11,13,16,18,21-25,27,29-43H2,1-2H3,(H,50,51)/b8-6-,14-12-,17-15-,20-19-,28-26-. The second kappa shape index (κ2) is 42.8. The van der Waals surface area contributed by atoms with Gasteiger partial charge in [0.25, 0.3) is 0 Å². The molecule has 0 aromatic heterocycles. The summed E-state index contributed by atoms with van der Waals surface area (Å²) in [4.78, 5) is 22.5. The largest absolute Gasteiger partial charge is 0.472 e. The molecule has 3 N–H and O–H groups in total. The number of carbonyl (C=O) groups is 1. The summed E-state index contributed by atoms with van der Waals surface area (Å²) in [7, 11) is -4.53. The molecule has 0 saturated heterocycles. The van der Waals surface area contributed by atoms with Crippen LogP contribution in [0, 0.1) is 0 Å². The van der Waals surface area contributed by atoms with Crippen LogP contribution in [0.4, 0.5) is 0 Å². The maximum atomic E-state index is 12.6. The van der Waals surface area contributed by atoms with Crippen LogP contribution in [0.1, 0.15) is 181 Å². The van der Waals surface area contributed by atoms with E-state index in [-0.39, 0.29) is 13.0 Å². The average Bonchev–Trinajstić information content (AvgIpc) is 3.19. The lowest BCUT2D eigenvalue weighted by Gasteiger charge is -2.20. The number of allylic oxidation sites excluding steroid dienone is 10. The summed E-state index contributed by atoms with van der Waals surface area (Å²) in [6, 6.07) is 0. The van der Waals surface area contributed by atoms with Gasteiger partial charge in [0, 0.05) is 13.0 Å². The maximum Gasteiger partial charge on any atom is 0.472 e. The molecule has 3 atom stereocenters. The summed E-state index contributed by atoms with van der Waals surface area (Å²) in [6.45, 7) is 3.34. The van der Waals surface area contributed by atoms with Crippen molar-refractivity contribution in [2.75, 3.05) is 33.0 Å². The number of phosphoric ester groups is 1.